The van der Waals surface area contributed by atoms with Crippen LogP contribution in [0.5, 0.6) is 5.75 Å². The van der Waals surface area contributed by atoms with Crippen molar-refractivity contribution < 1.29 is 19.0 Å². The summed E-state index contributed by atoms with van der Waals surface area (Å²) in [6.07, 6.45) is 2.26. The van der Waals surface area contributed by atoms with E-state index >= 15 is 0 Å². The summed E-state index contributed by atoms with van der Waals surface area (Å²) in [5.74, 6) is 0.829. The van der Waals surface area contributed by atoms with Crippen LogP contribution in [-0.2, 0) is 19.7 Å². The Morgan fingerprint density at radius 1 is 1.08 bits per heavy atom. The van der Waals surface area contributed by atoms with Crippen molar-refractivity contribution in [3.63, 3.8) is 0 Å². The number of hydrogen-bond donors (Lipinski definition) is 0. The lowest BCUT2D eigenvalue weighted by atomic mass is 9.75. The highest BCUT2D eigenvalue weighted by Gasteiger charge is 2.40. The van der Waals surface area contributed by atoms with E-state index in [-0.39, 0.29) is 5.24 Å². The van der Waals surface area contributed by atoms with Gasteiger partial charge in [0.25, 0.3) is 0 Å². The molecule has 2 heterocycles. The van der Waals surface area contributed by atoms with E-state index in [1.54, 1.807) is 0 Å². The Kier molecular flexibility index (Phi) is 6.70. The summed E-state index contributed by atoms with van der Waals surface area (Å²) in [4.78, 5) is 14.4. The van der Waals surface area contributed by atoms with Crippen molar-refractivity contribution in [2.45, 2.75) is 24.7 Å². The number of ether oxygens (including phenoxy) is 3. The summed E-state index contributed by atoms with van der Waals surface area (Å²) in [5, 5.41) is -0.296. The van der Waals surface area contributed by atoms with Gasteiger partial charge in [-0.1, -0.05) is 12.1 Å². The summed E-state index contributed by atoms with van der Waals surface area (Å²) in [6, 6.07) is 7.79. The van der Waals surface area contributed by atoms with Crippen LogP contribution in [0.15, 0.2) is 24.3 Å². The van der Waals surface area contributed by atoms with Crippen LogP contribution >= 0.6 is 11.6 Å². The minimum absolute atomic E-state index is 0.296. The predicted molar refractivity (Wildman–Crippen MR) is 96.4 cm³/mol. The quantitative estimate of drug-likeness (QED) is 0.547. The van der Waals surface area contributed by atoms with Crippen molar-refractivity contribution in [1.82, 2.24) is 4.90 Å². The number of carbonyl (C=O) groups is 1. The maximum absolute atomic E-state index is 12.0. The first-order valence-electron chi connectivity index (χ1n) is 9.02. The number of halogens is 1. The zero-order valence-electron chi connectivity index (χ0n) is 14.5. The van der Waals surface area contributed by atoms with Crippen molar-refractivity contribution >= 4 is 16.8 Å². The summed E-state index contributed by atoms with van der Waals surface area (Å²) in [6.45, 7) is 6.52. The number of rotatable bonds is 7. The zero-order valence-corrected chi connectivity index (χ0v) is 15.3. The summed E-state index contributed by atoms with van der Waals surface area (Å²) in [5.41, 5.74) is 0.339. The summed E-state index contributed by atoms with van der Waals surface area (Å²) < 4.78 is 16.6. The van der Waals surface area contributed by atoms with E-state index in [0.717, 1.165) is 50.6 Å². The number of carbonyl (C=O) groups excluding carboxylic acids is 1. The van der Waals surface area contributed by atoms with Gasteiger partial charge >= 0.3 is 0 Å². The van der Waals surface area contributed by atoms with E-state index in [0.29, 0.717) is 32.7 Å². The van der Waals surface area contributed by atoms with Crippen molar-refractivity contribution in [2.24, 2.45) is 0 Å². The van der Waals surface area contributed by atoms with Gasteiger partial charge in [0.05, 0.1) is 25.2 Å². The van der Waals surface area contributed by atoms with Crippen molar-refractivity contribution in [3.8, 4) is 5.75 Å². The Hall–Kier alpha value is -1.14. The second-order valence-corrected chi connectivity index (χ2v) is 6.99. The lowest BCUT2D eigenvalue weighted by Crippen LogP contribution is -2.39. The summed E-state index contributed by atoms with van der Waals surface area (Å²) in [7, 11) is 0. The molecule has 0 saturated carbocycles. The van der Waals surface area contributed by atoms with E-state index in [9.17, 15) is 4.79 Å². The largest absolute Gasteiger partial charge is 0.494 e. The molecule has 6 heteroatoms. The molecule has 1 aromatic rings. The molecular weight excluding hydrogens is 342 g/mol. The molecule has 25 heavy (non-hydrogen) atoms. The minimum atomic E-state index is -0.616. The number of morpholine rings is 1. The van der Waals surface area contributed by atoms with Gasteiger partial charge in [-0.2, -0.15) is 0 Å². The topological polar surface area (TPSA) is 48.0 Å². The highest BCUT2D eigenvalue weighted by Crippen LogP contribution is 2.37. The first kappa shape index (κ1) is 18.6. The van der Waals surface area contributed by atoms with Crippen LogP contribution in [0.2, 0.25) is 0 Å². The molecule has 0 bridgehead atoms. The molecular formula is C19H26ClNO4. The molecule has 0 aromatic heterocycles. The van der Waals surface area contributed by atoms with Crippen molar-refractivity contribution in [3.05, 3.63) is 29.8 Å². The van der Waals surface area contributed by atoms with Gasteiger partial charge in [0.1, 0.15) is 5.75 Å². The minimum Gasteiger partial charge on any atom is -0.494 e. The van der Waals surface area contributed by atoms with Gasteiger partial charge < -0.3 is 14.2 Å². The third-order valence-corrected chi connectivity index (χ3v) is 5.48. The first-order chi connectivity index (χ1) is 12.2. The van der Waals surface area contributed by atoms with Gasteiger partial charge in [-0.05, 0) is 48.6 Å². The Morgan fingerprint density at radius 3 is 2.36 bits per heavy atom. The van der Waals surface area contributed by atoms with E-state index in [4.69, 9.17) is 25.8 Å². The molecule has 2 aliphatic rings. The molecule has 2 aliphatic heterocycles. The molecule has 0 amide bonds. The molecule has 5 nitrogen and oxygen atoms in total. The van der Waals surface area contributed by atoms with Gasteiger partial charge in [-0.25, -0.2) is 0 Å². The van der Waals surface area contributed by atoms with E-state index in [1.807, 2.05) is 24.3 Å². The van der Waals surface area contributed by atoms with E-state index in [2.05, 4.69) is 4.90 Å². The zero-order chi connectivity index (χ0) is 17.5. The molecule has 0 unspecified atom stereocenters. The smallest absolute Gasteiger partial charge is 0.232 e. The second-order valence-electron chi connectivity index (χ2n) is 6.65. The molecule has 0 N–H and O–H groups in total. The van der Waals surface area contributed by atoms with E-state index in [1.165, 1.54) is 0 Å². The Morgan fingerprint density at radius 2 is 1.72 bits per heavy atom. The molecule has 1 aromatic carbocycles. The third kappa shape index (κ3) is 4.73. The van der Waals surface area contributed by atoms with Crippen LogP contribution in [0, 0.1) is 0 Å². The fraction of sp³-hybridized carbons (Fsp3) is 0.632. The molecule has 138 valence electrons. The van der Waals surface area contributed by atoms with Gasteiger partial charge in [0, 0.05) is 32.8 Å². The number of benzene rings is 1. The number of hydrogen-bond acceptors (Lipinski definition) is 5. The van der Waals surface area contributed by atoms with Crippen LogP contribution in [0.4, 0.5) is 0 Å². The molecule has 0 spiro atoms. The normalized spacial score (nSPS) is 21.0. The Balaban J connectivity index is 1.50. The highest BCUT2D eigenvalue weighted by atomic mass is 35.5. The van der Waals surface area contributed by atoms with Crippen LogP contribution in [0.25, 0.3) is 0 Å². The van der Waals surface area contributed by atoms with Crippen molar-refractivity contribution in [1.29, 1.82) is 0 Å². The van der Waals surface area contributed by atoms with Crippen molar-refractivity contribution in [2.75, 3.05) is 52.7 Å². The van der Waals surface area contributed by atoms with Gasteiger partial charge in [0.15, 0.2) is 0 Å². The molecule has 2 fully saturated rings. The maximum atomic E-state index is 12.0. The van der Waals surface area contributed by atoms with Gasteiger partial charge in [-0.15, -0.1) is 0 Å². The lowest BCUT2D eigenvalue weighted by molar-refractivity contribution is -0.120. The average molecular weight is 368 g/mol. The fourth-order valence-corrected chi connectivity index (χ4v) is 3.79. The fourth-order valence-electron chi connectivity index (χ4n) is 3.49. The standard InChI is InChI=1S/C19H26ClNO4/c20-18(22)19(6-12-23-13-7-19)16-2-4-17(5-3-16)25-11-1-8-21-9-14-24-15-10-21/h2-5H,1,6-15H2. The Bertz CT molecular complexity index is 551. The van der Waals surface area contributed by atoms with Gasteiger partial charge in [-0.3, -0.25) is 9.69 Å². The molecule has 3 rings (SSSR count). The average Bonchev–Trinajstić information content (AvgIpc) is 2.67. The SMILES string of the molecule is O=C(Cl)C1(c2ccc(OCCCN3CCOCC3)cc2)CCOCC1. The Labute approximate surface area is 154 Å². The molecule has 2 saturated heterocycles. The van der Waals surface area contributed by atoms with Crippen LogP contribution in [-0.4, -0.2) is 62.8 Å². The number of nitrogens with zero attached hydrogens (tertiary/aromatic N) is 1. The van der Waals surface area contributed by atoms with E-state index < -0.39 is 5.41 Å². The highest BCUT2D eigenvalue weighted by molar-refractivity contribution is 6.65. The molecule has 0 radical (unpaired) electrons. The van der Waals surface area contributed by atoms with Crippen LogP contribution < -0.4 is 4.74 Å². The predicted octanol–water partition coefficient (Wildman–Crippen LogP) is 2.60. The third-order valence-electron chi connectivity index (χ3n) is 5.12. The molecule has 0 atom stereocenters. The van der Waals surface area contributed by atoms with Crippen LogP contribution in [0.1, 0.15) is 24.8 Å². The maximum Gasteiger partial charge on any atom is 0.232 e. The first-order valence-corrected chi connectivity index (χ1v) is 9.40. The monoisotopic (exact) mass is 367 g/mol. The van der Waals surface area contributed by atoms with Gasteiger partial charge in [0.2, 0.25) is 5.24 Å². The second kappa shape index (κ2) is 8.99. The lowest BCUT2D eigenvalue weighted by Gasteiger charge is -2.34. The molecule has 0 aliphatic carbocycles. The summed E-state index contributed by atoms with van der Waals surface area (Å²) >= 11 is 5.92. The van der Waals surface area contributed by atoms with Crippen LogP contribution in [0.3, 0.4) is 0 Å².